The van der Waals surface area contributed by atoms with E-state index < -0.39 is 34.6 Å². The summed E-state index contributed by atoms with van der Waals surface area (Å²) in [5, 5.41) is 3.12. The highest BCUT2D eigenvalue weighted by Crippen LogP contribution is 2.55. The maximum Gasteiger partial charge on any atom is 0.274 e. The van der Waals surface area contributed by atoms with Crippen molar-refractivity contribution in [1.82, 2.24) is 9.97 Å². The number of nitrogens with one attached hydrogen (secondary N) is 1. The van der Waals surface area contributed by atoms with Crippen molar-refractivity contribution in [3.63, 3.8) is 0 Å². The topological polar surface area (TPSA) is 106 Å². The number of oxazole rings is 1. The van der Waals surface area contributed by atoms with Crippen molar-refractivity contribution in [2.45, 2.75) is 24.1 Å². The zero-order valence-corrected chi connectivity index (χ0v) is 19.3. The Hall–Kier alpha value is -2.98. The van der Waals surface area contributed by atoms with Crippen LogP contribution in [-0.2, 0) is 10.3 Å². The summed E-state index contributed by atoms with van der Waals surface area (Å²) in [7, 11) is 0. The number of alkyl halides is 1. The fourth-order valence-corrected chi connectivity index (χ4v) is 5.28. The molecule has 0 saturated carbocycles. The van der Waals surface area contributed by atoms with Gasteiger partial charge >= 0.3 is 0 Å². The molecular weight excluding hydrogens is 472 g/mol. The van der Waals surface area contributed by atoms with Crippen molar-refractivity contribution in [3.8, 4) is 0 Å². The van der Waals surface area contributed by atoms with E-state index in [1.807, 2.05) is 6.92 Å². The Morgan fingerprint density at radius 1 is 1.33 bits per heavy atom. The maximum absolute atomic E-state index is 15.1. The van der Waals surface area contributed by atoms with Gasteiger partial charge in [-0.15, -0.1) is 0 Å². The number of thioether (sulfide) groups is 1. The van der Waals surface area contributed by atoms with E-state index >= 15 is 4.39 Å². The predicted molar refractivity (Wildman–Crippen MR) is 123 cm³/mol. The Morgan fingerprint density at radius 2 is 2.12 bits per heavy atom. The summed E-state index contributed by atoms with van der Waals surface area (Å²) in [6.07, 6.45) is 4.14. The summed E-state index contributed by atoms with van der Waals surface area (Å²) in [6.45, 7) is 2.56. The third kappa shape index (κ3) is 4.08. The minimum atomic E-state index is -1.65. The van der Waals surface area contributed by atoms with Crippen LogP contribution in [0, 0.1) is 11.7 Å². The minimum Gasteiger partial charge on any atom is -0.447 e. The summed E-state index contributed by atoms with van der Waals surface area (Å²) in [6, 6.07) is 6.89. The monoisotopic (exact) mass is 491 g/mol. The van der Waals surface area contributed by atoms with Crippen LogP contribution >= 0.6 is 23.4 Å². The number of nitrogens with zero attached hydrogens (tertiary/aromatic N) is 3. The Balaban J connectivity index is 1.75. The fraction of sp³-hybridized carbons (Fsp3) is 0.273. The van der Waals surface area contributed by atoms with E-state index in [9.17, 15) is 9.18 Å². The highest BCUT2D eigenvalue weighted by Gasteiger charge is 2.55. The van der Waals surface area contributed by atoms with Crippen LogP contribution in [0.25, 0.3) is 0 Å². The zero-order valence-electron chi connectivity index (χ0n) is 17.7. The molecule has 1 aromatic carbocycles. The second-order valence-corrected chi connectivity index (χ2v) is 9.72. The molecule has 0 unspecified atom stereocenters. The van der Waals surface area contributed by atoms with Crippen LogP contribution in [0.4, 0.5) is 14.5 Å². The molecule has 3 heterocycles. The van der Waals surface area contributed by atoms with Crippen LogP contribution in [0.5, 0.6) is 0 Å². The molecule has 1 amide bonds. The van der Waals surface area contributed by atoms with E-state index in [0.717, 1.165) is 6.07 Å². The van der Waals surface area contributed by atoms with E-state index in [1.165, 1.54) is 54.8 Å². The average Bonchev–Trinajstić information content (AvgIpc) is 3.34. The van der Waals surface area contributed by atoms with Crippen LogP contribution in [-0.4, -0.2) is 27.7 Å². The Kier molecular flexibility index (Phi) is 6.15. The fourth-order valence-electron chi connectivity index (χ4n) is 3.95. The number of benzene rings is 1. The van der Waals surface area contributed by atoms with Crippen molar-refractivity contribution in [1.29, 1.82) is 0 Å². The lowest BCUT2D eigenvalue weighted by Crippen LogP contribution is -2.49. The number of rotatable bonds is 5. The van der Waals surface area contributed by atoms with Gasteiger partial charge in [0.25, 0.3) is 5.91 Å². The lowest BCUT2D eigenvalue weighted by molar-refractivity contribution is 0.102. The van der Waals surface area contributed by atoms with Gasteiger partial charge < -0.3 is 15.5 Å². The van der Waals surface area contributed by atoms with E-state index in [4.69, 9.17) is 21.8 Å². The van der Waals surface area contributed by atoms with E-state index in [-0.39, 0.29) is 22.1 Å². The lowest BCUT2D eigenvalue weighted by Gasteiger charge is -2.46. The Bertz CT molecular complexity index is 1210. The summed E-state index contributed by atoms with van der Waals surface area (Å²) >= 11 is 7.01. The van der Waals surface area contributed by atoms with Crippen LogP contribution in [0.15, 0.2) is 58.5 Å². The van der Waals surface area contributed by atoms with Crippen LogP contribution in [0.1, 0.15) is 35.7 Å². The Labute approximate surface area is 197 Å². The molecule has 7 nitrogen and oxygen atoms in total. The standard InChI is InChI=1S/C22H20ClF2N5O2S/c1-12-21(2,18-9-27-11-32-18)33-20(26)30-22(12,10-24)15-7-14(4-5-16(15)25)29-19(31)17-6-3-13(23)8-28-17/h3-9,11-12H,10H2,1-2H3,(H2,26,30)(H,29,31)/t12-,21+,22+/m1/s1. The molecule has 1 aliphatic heterocycles. The summed E-state index contributed by atoms with van der Waals surface area (Å²) in [4.78, 5) is 24.9. The smallest absolute Gasteiger partial charge is 0.274 e. The number of pyridine rings is 1. The molecule has 0 bridgehead atoms. The molecule has 3 N–H and O–H groups in total. The Morgan fingerprint density at radius 3 is 2.76 bits per heavy atom. The molecule has 172 valence electrons. The number of amidine groups is 1. The third-order valence-electron chi connectivity index (χ3n) is 5.94. The molecule has 0 fully saturated rings. The van der Waals surface area contributed by atoms with Gasteiger partial charge in [0, 0.05) is 23.4 Å². The highest BCUT2D eigenvalue weighted by molar-refractivity contribution is 8.14. The molecular formula is C22H20ClF2N5O2S. The van der Waals surface area contributed by atoms with Crippen molar-refractivity contribution in [3.05, 3.63) is 77.0 Å². The van der Waals surface area contributed by atoms with Gasteiger partial charge in [-0.1, -0.05) is 30.3 Å². The van der Waals surface area contributed by atoms with Gasteiger partial charge in [0.15, 0.2) is 11.6 Å². The highest BCUT2D eigenvalue weighted by atomic mass is 35.5. The number of halogens is 3. The van der Waals surface area contributed by atoms with Crippen molar-refractivity contribution < 1.29 is 18.0 Å². The molecule has 3 atom stereocenters. The predicted octanol–water partition coefficient (Wildman–Crippen LogP) is 4.89. The quantitative estimate of drug-likeness (QED) is 0.526. The van der Waals surface area contributed by atoms with Gasteiger partial charge in [-0.2, -0.15) is 0 Å². The molecule has 0 spiro atoms. The number of aromatic nitrogens is 2. The van der Waals surface area contributed by atoms with Gasteiger partial charge in [-0.05, 0) is 37.3 Å². The molecule has 1 aliphatic rings. The first-order valence-electron chi connectivity index (χ1n) is 9.92. The van der Waals surface area contributed by atoms with Crippen LogP contribution in [0.3, 0.4) is 0 Å². The second kappa shape index (κ2) is 8.75. The molecule has 0 aliphatic carbocycles. The normalized spacial score (nSPS) is 24.9. The first kappa shape index (κ1) is 23.2. The number of hydrogen-bond donors (Lipinski definition) is 2. The van der Waals surface area contributed by atoms with Crippen molar-refractivity contribution in [2.75, 3.05) is 12.0 Å². The molecule has 33 heavy (non-hydrogen) atoms. The van der Waals surface area contributed by atoms with Crippen LogP contribution < -0.4 is 11.1 Å². The first-order valence-corrected chi connectivity index (χ1v) is 11.1. The number of carbonyl (C=O) groups excluding carboxylic acids is 1. The van der Waals surface area contributed by atoms with Crippen LogP contribution in [0.2, 0.25) is 5.02 Å². The lowest BCUT2D eigenvalue weighted by atomic mass is 9.72. The summed E-state index contributed by atoms with van der Waals surface area (Å²) in [5.74, 6) is -1.33. The largest absolute Gasteiger partial charge is 0.447 e. The van der Waals surface area contributed by atoms with Crippen molar-refractivity contribution in [2.24, 2.45) is 16.6 Å². The average molecular weight is 492 g/mol. The molecule has 3 aromatic rings. The molecule has 4 rings (SSSR count). The van der Waals surface area contributed by atoms with Gasteiger partial charge in [-0.25, -0.2) is 23.7 Å². The molecule has 0 saturated heterocycles. The first-order chi connectivity index (χ1) is 15.7. The molecule has 2 aromatic heterocycles. The molecule has 0 radical (unpaired) electrons. The number of nitrogens with two attached hydrogens (primary N) is 1. The van der Waals surface area contributed by atoms with Gasteiger partial charge in [0.1, 0.15) is 29.5 Å². The second-order valence-electron chi connectivity index (χ2n) is 7.81. The van der Waals surface area contributed by atoms with E-state index in [0.29, 0.717) is 10.8 Å². The van der Waals surface area contributed by atoms with E-state index in [1.54, 1.807) is 6.92 Å². The van der Waals surface area contributed by atoms with Crippen molar-refractivity contribution >= 4 is 40.1 Å². The van der Waals surface area contributed by atoms with Gasteiger partial charge in [0.2, 0.25) is 0 Å². The van der Waals surface area contributed by atoms with E-state index in [2.05, 4.69) is 20.3 Å². The third-order valence-corrected chi connectivity index (χ3v) is 7.45. The maximum atomic E-state index is 15.1. The number of anilines is 1. The zero-order chi connectivity index (χ0) is 23.8. The molecule has 11 heteroatoms. The number of amides is 1. The van der Waals surface area contributed by atoms with Gasteiger partial charge in [-0.3, -0.25) is 4.79 Å². The number of hydrogen-bond acceptors (Lipinski definition) is 7. The SMILES string of the molecule is C[C@H]1[C@@](CF)(c2cc(NC(=O)c3ccc(Cl)cn3)ccc2F)N=C(N)S[C@]1(C)c1cnco1. The summed E-state index contributed by atoms with van der Waals surface area (Å²) < 4.78 is 34.6. The summed E-state index contributed by atoms with van der Waals surface area (Å²) in [5.41, 5.74) is 4.78. The number of aliphatic imine (C=N–C) groups is 1. The minimum absolute atomic E-state index is 0.0339. The van der Waals surface area contributed by atoms with Gasteiger partial charge in [0.05, 0.1) is 16.0 Å². The number of carbonyl (C=O) groups is 1.